The Balaban J connectivity index is 2.33. The first-order valence-corrected chi connectivity index (χ1v) is 7.32. The van der Waals surface area contributed by atoms with Crippen molar-refractivity contribution in [2.45, 2.75) is 12.5 Å². The Hall–Kier alpha value is -2.91. The second kappa shape index (κ2) is 8.09. The summed E-state index contributed by atoms with van der Waals surface area (Å²) in [5.41, 5.74) is 0.871. The third-order valence-electron chi connectivity index (χ3n) is 3.51. The van der Waals surface area contributed by atoms with Gasteiger partial charge in [-0.1, -0.05) is 30.3 Å². The number of carbonyl (C=O) groups excluding carboxylic acids is 1. The predicted octanol–water partition coefficient (Wildman–Crippen LogP) is 2.50. The van der Waals surface area contributed by atoms with Gasteiger partial charge in [0.15, 0.2) is 0 Å². The minimum absolute atomic E-state index is 0.0686. The molecule has 0 bridgehead atoms. The molecule has 0 aliphatic rings. The zero-order valence-corrected chi connectivity index (χ0v) is 13.1. The van der Waals surface area contributed by atoms with Gasteiger partial charge in [0.25, 0.3) is 0 Å². The molecule has 0 radical (unpaired) electrons. The smallest absolute Gasteiger partial charge is 0.342 e. The average molecular weight is 328 g/mol. The molecule has 0 aromatic heterocycles. The van der Waals surface area contributed by atoms with Crippen LogP contribution in [0.4, 0.5) is 10.1 Å². The maximum absolute atomic E-state index is 14.2. The van der Waals surface area contributed by atoms with E-state index in [1.807, 2.05) is 36.4 Å². The number of ether oxygens (including phenoxy) is 1. The zero-order chi connectivity index (χ0) is 17.5. The van der Waals surface area contributed by atoms with E-state index in [0.717, 1.165) is 18.7 Å². The second-order valence-corrected chi connectivity index (χ2v) is 5.20. The van der Waals surface area contributed by atoms with Crippen molar-refractivity contribution in [2.24, 2.45) is 0 Å². The van der Waals surface area contributed by atoms with Gasteiger partial charge >= 0.3 is 5.97 Å². The molecule has 1 atom stereocenters. The van der Waals surface area contributed by atoms with Crippen LogP contribution in [0, 0.1) is 17.1 Å². The largest absolute Gasteiger partial charge is 0.465 e. The van der Waals surface area contributed by atoms with E-state index in [9.17, 15) is 14.3 Å². The number of nitrogens with zero attached hydrogens (tertiary/aromatic N) is 1. The number of benzene rings is 2. The first kappa shape index (κ1) is 17.4. The Morgan fingerprint density at radius 2 is 2.08 bits per heavy atom. The topological polar surface area (TPSA) is 82.4 Å². The minimum Gasteiger partial charge on any atom is -0.465 e. The highest BCUT2D eigenvalue weighted by molar-refractivity contribution is 5.96. The number of esters is 1. The maximum Gasteiger partial charge on any atom is 0.342 e. The van der Waals surface area contributed by atoms with Crippen LogP contribution in [0.25, 0.3) is 0 Å². The van der Waals surface area contributed by atoms with Gasteiger partial charge in [-0.25, -0.2) is 9.18 Å². The number of nitrogens with one attached hydrogen (secondary N) is 1. The monoisotopic (exact) mass is 328 g/mol. The second-order valence-electron chi connectivity index (χ2n) is 5.20. The highest BCUT2D eigenvalue weighted by Gasteiger charge is 2.21. The first-order chi connectivity index (χ1) is 11.6. The molecular formula is C18H17FN2O3. The van der Waals surface area contributed by atoms with E-state index >= 15 is 0 Å². The third kappa shape index (κ3) is 4.09. The predicted molar refractivity (Wildman–Crippen MR) is 87.1 cm³/mol. The number of hydrogen-bond acceptors (Lipinski definition) is 5. The number of nitriles is 1. The zero-order valence-electron chi connectivity index (χ0n) is 13.1. The first-order valence-electron chi connectivity index (χ1n) is 7.32. The molecule has 0 heterocycles. The quantitative estimate of drug-likeness (QED) is 0.796. The number of aliphatic hydroxyl groups is 1. The van der Waals surface area contributed by atoms with E-state index in [1.54, 1.807) is 0 Å². The van der Waals surface area contributed by atoms with Crippen molar-refractivity contribution in [3.63, 3.8) is 0 Å². The van der Waals surface area contributed by atoms with Gasteiger partial charge in [0.05, 0.1) is 37.1 Å². The lowest BCUT2D eigenvalue weighted by Gasteiger charge is -2.20. The summed E-state index contributed by atoms with van der Waals surface area (Å²) in [5.74, 6) is -1.70. The molecule has 5 nitrogen and oxygen atoms in total. The molecule has 0 amide bonds. The van der Waals surface area contributed by atoms with Gasteiger partial charge < -0.3 is 15.2 Å². The molecule has 2 aromatic carbocycles. The van der Waals surface area contributed by atoms with Crippen LogP contribution in [0.3, 0.4) is 0 Å². The Bertz CT molecular complexity index is 757. The molecule has 6 heteroatoms. The molecule has 0 aliphatic heterocycles. The van der Waals surface area contributed by atoms with Crippen molar-refractivity contribution >= 4 is 11.7 Å². The van der Waals surface area contributed by atoms with Crippen molar-refractivity contribution in [3.8, 4) is 6.07 Å². The van der Waals surface area contributed by atoms with Crippen LogP contribution in [0.5, 0.6) is 0 Å². The Kier molecular flexibility index (Phi) is 5.88. The van der Waals surface area contributed by atoms with Gasteiger partial charge in [0, 0.05) is 0 Å². The highest BCUT2D eigenvalue weighted by atomic mass is 19.1. The summed E-state index contributed by atoms with van der Waals surface area (Å²) in [6.07, 6.45) is 0.469. The molecule has 0 aliphatic carbocycles. The van der Waals surface area contributed by atoms with E-state index in [0.29, 0.717) is 6.42 Å². The number of halogens is 1. The average Bonchev–Trinajstić information content (AvgIpc) is 2.61. The van der Waals surface area contributed by atoms with Crippen LogP contribution in [-0.2, 0) is 11.2 Å². The normalized spacial score (nSPS) is 11.4. The fourth-order valence-corrected chi connectivity index (χ4v) is 2.37. The van der Waals surface area contributed by atoms with Gasteiger partial charge in [0.2, 0.25) is 0 Å². The number of aliphatic hydroxyl groups excluding tert-OH is 1. The lowest BCUT2D eigenvalue weighted by Crippen LogP contribution is -2.28. The Morgan fingerprint density at radius 3 is 2.67 bits per heavy atom. The lowest BCUT2D eigenvalue weighted by molar-refractivity contribution is 0.0596. The number of methoxy groups -OCH3 is 1. The number of hydrogen-bond donors (Lipinski definition) is 2. The molecule has 24 heavy (non-hydrogen) atoms. The highest BCUT2D eigenvalue weighted by Crippen LogP contribution is 2.24. The summed E-state index contributed by atoms with van der Waals surface area (Å²) in [5, 5.41) is 21.5. The molecule has 0 spiro atoms. The fourth-order valence-electron chi connectivity index (χ4n) is 2.37. The number of rotatable bonds is 6. The Morgan fingerprint density at radius 1 is 1.38 bits per heavy atom. The third-order valence-corrected chi connectivity index (χ3v) is 3.51. The van der Waals surface area contributed by atoms with Crippen LogP contribution in [0.2, 0.25) is 0 Å². The molecule has 124 valence electrons. The molecular weight excluding hydrogens is 311 g/mol. The van der Waals surface area contributed by atoms with Crippen molar-refractivity contribution in [3.05, 3.63) is 65.0 Å². The van der Waals surface area contributed by atoms with Crippen molar-refractivity contribution in [2.75, 3.05) is 19.0 Å². The lowest BCUT2D eigenvalue weighted by atomic mass is 10.0. The van der Waals surface area contributed by atoms with E-state index in [2.05, 4.69) is 10.1 Å². The van der Waals surface area contributed by atoms with Crippen molar-refractivity contribution in [1.29, 1.82) is 5.26 Å². The van der Waals surface area contributed by atoms with Crippen LogP contribution >= 0.6 is 0 Å². The molecule has 2 aromatic rings. The molecule has 0 saturated carbocycles. The standard InChI is InChI=1S/C18H17FN2O3/c1-24-18(23)17-15(19)8-13(10-20)9-16(17)21-14(11-22)7-12-5-3-2-4-6-12/h2-6,8-9,14,21-22H,7,11H2,1H3. The molecule has 2 rings (SSSR count). The molecule has 0 saturated heterocycles. The van der Waals surface area contributed by atoms with E-state index < -0.39 is 17.8 Å². The van der Waals surface area contributed by atoms with Gasteiger partial charge in [0.1, 0.15) is 11.4 Å². The van der Waals surface area contributed by atoms with E-state index in [-0.39, 0.29) is 23.4 Å². The summed E-state index contributed by atoms with van der Waals surface area (Å²) >= 11 is 0. The van der Waals surface area contributed by atoms with Crippen LogP contribution < -0.4 is 5.32 Å². The van der Waals surface area contributed by atoms with Crippen LogP contribution in [0.1, 0.15) is 21.5 Å². The maximum atomic E-state index is 14.2. The summed E-state index contributed by atoms with van der Waals surface area (Å²) in [6.45, 7) is -0.228. The minimum atomic E-state index is -0.851. The Labute approximate surface area is 139 Å². The molecule has 1 unspecified atom stereocenters. The number of anilines is 1. The fraction of sp³-hybridized carbons (Fsp3) is 0.222. The van der Waals surface area contributed by atoms with Gasteiger partial charge in [-0.05, 0) is 24.1 Å². The van der Waals surface area contributed by atoms with Gasteiger partial charge in [-0.2, -0.15) is 5.26 Å². The van der Waals surface area contributed by atoms with E-state index in [4.69, 9.17) is 5.26 Å². The van der Waals surface area contributed by atoms with E-state index in [1.165, 1.54) is 6.07 Å². The van der Waals surface area contributed by atoms with Crippen LogP contribution in [0.15, 0.2) is 42.5 Å². The van der Waals surface area contributed by atoms with Crippen molar-refractivity contribution < 1.29 is 19.0 Å². The van der Waals surface area contributed by atoms with Gasteiger partial charge in [-0.15, -0.1) is 0 Å². The summed E-state index contributed by atoms with van der Waals surface area (Å²) in [4.78, 5) is 11.8. The molecule has 0 fully saturated rings. The summed E-state index contributed by atoms with van der Waals surface area (Å²) in [7, 11) is 1.15. The number of carbonyl (C=O) groups is 1. The van der Waals surface area contributed by atoms with Gasteiger partial charge in [-0.3, -0.25) is 0 Å². The summed E-state index contributed by atoms with van der Waals surface area (Å²) < 4.78 is 18.8. The summed E-state index contributed by atoms with van der Waals surface area (Å²) in [6, 6.07) is 13.2. The SMILES string of the molecule is COC(=O)c1c(F)cc(C#N)cc1NC(CO)Cc1ccccc1. The van der Waals surface area contributed by atoms with Crippen molar-refractivity contribution in [1.82, 2.24) is 0 Å². The molecule has 2 N–H and O–H groups in total. The van der Waals surface area contributed by atoms with Crippen LogP contribution in [-0.4, -0.2) is 30.8 Å².